The Hall–Kier alpha value is -3.15. The first-order valence-corrected chi connectivity index (χ1v) is 14.1. The van der Waals surface area contributed by atoms with Crippen molar-refractivity contribution in [1.82, 2.24) is 10.2 Å². The van der Waals surface area contributed by atoms with Gasteiger partial charge in [0.25, 0.3) is 5.91 Å². The van der Waals surface area contributed by atoms with E-state index in [1.165, 1.54) is 4.90 Å². The average Bonchev–Trinajstić information content (AvgIpc) is 2.85. The van der Waals surface area contributed by atoms with Crippen LogP contribution in [0.25, 0.3) is 0 Å². The summed E-state index contributed by atoms with van der Waals surface area (Å²) in [4.78, 5) is 41.8. The number of aryl methyl sites for hydroxylation is 1. The van der Waals surface area contributed by atoms with Crippen molar-refractivity contribution in [2.24, 2.45) is 0 Å². The molecule has 2 unspecified atom stereocenters. The van der Waals surface area contributed by atoms with E-state index in [1.54, 1.807) is 75.9 Å². The fourth-order valence-electron chi connectivity index (χ4n) is 3.83. The van der Waals surface area contributed by atoms with Crippen molar-refractivity contribution < 1.29 is 19.1 Å². The largest absolute Gasteiger partial charge is 0.444 e. The summed E-state index contributed by atoms with van der Waals surface area (Å²) in [5.74, 6) is 2.35. The lowest BCUT2D eigenvalue weighted by molar-refractivity contribution is -0.140. The van der Waals surface area contributed by atoms with Gasteiger partial charge in [-0.3, -0.25) is 9.59 Å². The number of alkyl carbamates (subject to hydrolysis) is 1. The van der Waals surface area contributed by atoms with Gasteiger partial charge in [-0.2, -0.15) is 11.8 Å². The summed E-state index contributed by atoms with van der Waals surface area (Å²) in [6.07, 6.45) is 7.11. The number of hydrogen-bond acceptors (Lipinski definition) is 5. The van der Waals surface area contributed by atoms with Crippen LogP contribution in [0.3, 0.4) is 0 Å². The number of likely N-dealkylation sites (N-methyl/N-ethyl adjacent to an activating group) is 1. The quantitative estimate of drug-likeness (QED) is 0.360. The molecule has 2 N–H and O–H groups in total. The summed E-state index contributed by atoms with van der Waals surface area (Å²) in [5.41, 5.74) is 1.75. The van der Waals surface area contributed by atoms with Crippen molar-refractivity contribution in [3.63, 3.8) is 0 Å². The molecule has 0 spiro atoms. The third-order valence-corrected chi connectivity index (χ3v) is 6.61. The number of nitrogens with zero attached hydrogens (tertiary/aromatic N) is 1. The average molecular weight is 558 g/mol. The smallest absolute Gasteiger partial charge is 0.408 e. The van der Waals surface area contributed by atoms with Crippen LogP contribution in [-0.4, -0.2) is 53.0 Å². The standard InChI is InChI=1S/C29H36ClN3O4S/c1-8-20-13-15-21(16-14-20)25(26(34)32-24-19(3)11-10-12-22(24)30)33(9-2)27(35)23(17-18-38-7)31-28(36)37-29(4,5)6/h1,10-16,23,25H,9,17-18H2,2-7H3,(H,31,36)(H,32,34). The highest BCUT2D eigenvalue weighted by Crippen LogP contribution is 2.29. The van der Waals surface area contributed by atoms with Gasteiger partial charge in [0.05, 0.1) is 10.7 Å². The molecule has 0 saturated carbocycles. The van der Waals surface area contributed by atoms with Crippen molar-refractivity contribution in [3.8, 4) is 12.3 Å². The van der Waals surface area contributed by atoms with Gasteiger partial charge in [0.15, 0.2) is 0 Å². The zero-order valence-electron chi connectivity index (χ0n) is 22.8. The number of hydrogen-bond donors (Lipinski definition) is 2. The molecule has 2 rings (SSSR count). The number of benzene rings is 2. The van der Waals surface area contributed by atoms with E-state index in [2.05, 4.69) is 16.6 Å². The van der Waals surface area contributed by atoms with Crippen molar-refractivity contribution in [3.05, 3.63) is 64.2 Å². The van der Waals surface area contributed by atoms with Crippen LogP contribution in [-0.2, 0) is 14.3 Å². The molecular formula is C29H36ClN3O4S. The Morgan fingerprint density at radius 1 is 1.16 bits per heavy atom. The molecule has 0 saturated heterocycles. The van der Waals surface area contributed by atoms with Crippen LogP contribution in [0.15, 0.2) is 42.5 Å². The molecule has 0 fully saturated rings. The molecule has 7 nitrogen and oxygen atoms in total. The summed E-state index contributed by atoms with van der Waals surface area (Å²) in [7, 11) is 0. The van der Waals surface area contributed by atoms with Gasteiger partial charge in [0.1, 0.15) is 17.7 Å². The minimum Gasteiger partial charge on any atom is -0.444 e. The summed E-state index contributed by atoms with van der Waals surface area (Å²) in [6.45, 7) is 9.08. The maximum atomic E-state index is 13.9. The van der Waals surface area contributed by atoms with Gasteiger partial charge in [-0.25, -0.2) is 4.79 Å². The fourth-order valence-corrected chi connectivity index (χ4v) is 4.57. The third-order valence-electron chi connectivity index (χ3n) is 5.65. The lowest BCUT2D eigenvalue weighted by Crippen LogP contribution is -2.52. The van der Waals surface area contributed by atoms with E-state index in [0.29, 0.717) is 34.0 Å². The van der Waals surface area contributed by atoms with E-state index in [0.717, 1.165) is 5.56 Å². The van der Waals surface area contributed by atoms with Gasteiger partial charge in [-0.15, -0.1) is 6.42 Å². The van der Waals surface area contributed by atoms with Gasteiger partial charge < -0.3 is 20.3 Å². The number of thioether (sulfide) groups is 1. The molecule has 204 valence electrons. The van der Waals surface area contributed by atoms with Crippen LogP contribution in [0.1, 0.15) is 56.8 Å². The molecule has 3 amide bonds. The van der Waals surface area contributed by atoms with Crippen LogP contribution >= 0.6 is 23.4 Å². The van der Waals surface area contributed by atoms with Gasteiger partial charge in [0, 0.05) is 12.1 Å². The molecule has 2 aromatic carbocycles. The Labute approximate surface area is 235 Å². The summed E-state index contributed by atoms with van der Waals surface area (Å²) in [6, 6.07) is 10.3. The second kappa shape index (κ2) is 14.1. The molecule has 9 heteroatoms. The maximum absolute atomic E-state index is 13.9. The molecule has 0 aliphatic carbocycles. The maximum Gasteiger partial charge on any atom is 0.408 e. The van der Waals surface area contributed by atoms with Gasteiger partial charge in [0.2, 0.25) is 5.91 Å². The number of terminal acetylenes is 1. The zero-order valence-corrected chi connectivity index (χ0v) is 24.3. The Kier molecular flexibility index (Phi) is 11.6. The lowest BCUT2D eigenvalue weighted by atomic mass is 10.0. The molecule has 0 aromatic heterocycles. The Morgan fingerprint density at radius 3 is 2.34 bits per heavy atom. The van der Waals surface area contributed by atoms with E-state index in [-0.39, 0.29) is 6.54 Å². The van der Waals surface area contributed by atoms with Crippen LogP contribution in [0, 0.1) is 19.3 Å². The SMILES string of the molecule is C#Cc1ccc(C(C(=O)Nc2c(C)cccc2Cl)N(CC)C(=O)C(CCSC)NC(=O)OC(C)(C)C)cc1. The first kappa shape index (κ1) is 31.1. The summed E-state index contributed by atoms with van der Waals surface area (Å²) >= 11 is 7.93. The third kappa shape index (κ3) is 8.71. The highest BCUT2D eigenvalue weighted by Gasteiger charge is 2.35. The zero-order chi connectivity index (χ0) is 28.5. The van der Waals surface area contributed by atoms with E-state index >= 15 is 0 Å². The molecule has 2 atom stereocenters. The topological polar surface area (TPSA) is 87.7 Å². The first-order valence-electron chi connectivity index (χ1n) is 12.3. The van der Waals surface area contributed by atoms with E-state index in [9.17, 15) is 14.4 Å². The number of ether oxygens (including phenoxy) is 1. The van der Waals surface area contributed by atoms with Crippen LogP contribution < -0.4 is 10.6 Å². The molecular weight excluding hydrogens is 522 g/mol. The number of halogens is 1. The number of para-hydroxylation sites is 1. The van der Waals surface area contributed by atoms with Gasteiger partial charge in [-0.1, -0.05) is 41.8 Å². The highest BCUT2D eigenvalue weighted by molar-refractivity contribution is 7.98. The van der Waals surface area contributed by atoms with E-state index < -0.39 is 35.6 Å². The predicted molar refractivity (Wildman–Crippen MR) is 155 cm³/mol. The number of rotatable bonds is 10. The number of amides is 3. The van der Waals surface area contributed by atoms with E-state index in [4.69, 9.17) is 22.8 Å². The fraction of sp³-hybridized carbons (Fsp3) is 0.414. The minimum absolute atomic E-state index is 0.209. The number of anilines is 1. The second-order valence-corrected chi connectivity index (χ2v) is 11.1. The predicted octanol–water partition coefficient (Wildman–Crippen LogP) is 5.80. The molecule has 0 aliphatic rings. The van der Waals surface area contributed by atoms with Crippen LogP contribution in [0.2, 0.25) is 5.02 Å². The number of carbonyl (C=O) groups excluding carboxylic acids is 3. The highest BCUT2D eigenvalue weighted by atomic mass is 35.5. The Balaban J connectivity index is 2.49. The van der Waals surface area contributed by atoms with Crippen molar-refractivity contribution >= 4 is 47.0 Å². The van der Waals surface area contributed by atoms with Crippen LogP contribution in [0.4, 0.5) is 10.5 Å². The Morgan fingerprint density at radius 2 is 1.82 bits per heavy atom. The van der Waals surface area contributed by atoms with Crippen molar-refractivity contribution in [2.75, 3.05) is 23.9 Å². The molecule has 0 bridgehead atoms. The number of carbonyl (C=O) groups is 3. The lowest BCUT2D eigenvalue weighted by Gasteiger charge is -2.34. The van der Waals surface area contributed by atoms with Crippen molar-refractivity contribution in [1.29, 1.82) is 0 Å². The normalized spacial score (nSPS) is 12.6. The molecule has 2 aromatic rings. The summed E-state index contributed by atoms with van der Waals surface area (Å²) in [5, 5.41) is 6.00. The summed E-state index contributed by atoms with van der Waals surface area (Å²) < 4.78 is 5.39. The minimum atomic E-state index is -1.01. The van der Waals surface area contributed by atoms with Crippen LogP contribution in [0.5, 0.6) is 0 Å². The monoisotopic (exact) mass is 557 g/mol. The molecule has 0 radical (unpaired) electrons. The van der Waals surface area contributed by atoms with Gasteiger partial charge >= 0.3 is 6.09 Å². The Bertz CT molecular complexity index is 1150. The number of nitrogens with one attached hydrogen (secondary N) is 2. The molecule has 0 aliphatic heterocycles. The van der Waals surface area contributed by atoms with Gasteiger partial charge in [-0.05, 0) is 82.4 Å². The second-order valence-electron chi connectivity index (χ2n) is 9.69. The first-order chi connectivity index (χ1) is 17.9. The molecule has 38 heavy (non-hydrogen) atoms. The molecule has 0 heterocycles. The van der Waals surface area contributed by atoms with E-state index in [1.807, 2.05) is 19.2 Å². The van der Waals surface area contributed by atoms with Crippen molar-refractivity contribution in [2.45, 2.75) is 58.7 Å².